The minimum Gasteiger partial charge on any atom is -0.478 e. The summed E-state index contributed by atoms with van der Waals surface area (Å²) >= 11 is 0. The fourth-order valence-electron chi connectivity index (χ4n) is 2.89. The van der Waals surface area contributed by atoms with Gasteiger partial charge in [-0.05, 0) is 31.5 Å². The average Bonchev–Trinajstić information content (AvgIpc) is 2.98. The van der Waals surface area contributed by atoms with Crippen molar-refractivity contribution in [2.24, 2.45) is 0 Å². The molecule has 0 unspecified atom stereocenters. The topological polar surface area (TPSA) is 52.6 Å². The zero-order valence-corrected chi connectivity index (χ0v) is 12.1. The number of hydrogen-bond donors (Lipinski definition) is 2. The van der Waals surface area contributed by atoms with Crippen LogP contribution in [0.5, 0.6) is 0 Å². The van der Waals surface area contributed by atoms with Crippen molar-refractivity contribution >= 4 is 5.97 Å². The van der Waals surface area contributed by atoms with Crippen LogP contribution in [0.2, 0.25) is 0 Å². The summed E-state index contributed by atoms with van der Waals surface area (Å²) in [5.41, 5.74) is 1.24. The average molecular weight is 276 g/mol. The molecule has 1 saturated carbocycles. The Morgan fingerprint density at radius 2 is 2.05 bits per heavy atom. The molecule has 1 aromatic rings. The van der Waals surface area contributed by atoms with Crippen LogP contribution in [0.3, 0.4) is 0 Å². The van der Waals surface area contributed by atoms with Gasteiger partial charge in [-0.3, -0.25) is 0 Å². The highest BCUT2D eigenvalue weighted by molar-refractivity contribution is 5.89. The molecule has 2 rings (SSSR count). The first-order valence-electron chi connectivity index (χ1n) is 7.40. The van der Waals surface area contributed by atoms with E-state index in [1.165, 1.54) is 25.7 Å². The Labute approximate surface area is 120 Å². The highest BCUT2D eigenvalue weighted by Crippen LogP contribution is 2.21. The molecule has 4 nitrogen and oxygen atoms in total. The van der Waals surface area contributed by atoms with Crippen molar-refractivity contribution in [1.29, 1.82) is 0 Å². The summed E-state index contributed by atoms with van der Waals surface area (Å²) < 4.78 is 0. The highest BCUT2D eigenvalue weighted by Gasteiger charge is 2.18. The molecule has 0 aromatic heterocycles. The quantitative estimate of drug-likeness (QED) is 0.751. The first-order valence-corrected chi connectivity index (χ1v) is 7.40. The van der Waals surface area contributed by atoms with Crippen LogP contribution in [0.25, 0.3) is 0 Å². The Kier molecular flexibility index (Phi) is 5.56. The number of carboxylic acid groups (broad SMARTS) is 1. The fraction of sp³-hybridized carbons (Fsp3) is 0.562. The standard InChI is InChI=1S/C16H24N2O2/c1-18(14-7-3-4-8-14)11-10-17-12-13-6-2-5-9-15(13)16(19)20/h2,5-6,9,14,17H,3-4,7-8,10-12H2,1H3,(H,19,20). The smallest absolute Gasteiger partial charge is 0.336 e. The number of aromatic carboxylic acids is 1. The number of nitrogens with zero attached hydrogens (tertiary/aromatic N) is 1. The zero-order chi connectivity index (χ0) is 14.4. The van der Waals surface area contributed by atoms with Gasteiger partial charge in [0.2, 0.25) is 0 Å². The van der Waals surface area contributed by atoms with Gasteiger partial charge in [0.15, 0.2) is 0 Å². The maximum atomic E-state index is 11.1. The van der Waals surface area contributed by atoms with E-state index in [2.05, 4.69) is 17.3 Å². The summed E-state index contributed by atoms with van der Waals surface area (Å²) in [6.07, 6.45) is 5.35. The van der Waals surface area contributed by atoms with E-state index in [-0.39, 0.29) is 0 Å². The molecule has 0 spiro atoms. The number of likely N-dealkylation sites (N-methyl/N-ethyl adjacent to an activating group) is 1. The molecule has 0 bridgehead atoms. The van der Waals surface area contributed by atoms with E-state index in [4.69, 9.17) is 5.11 Å². The van der Waals surface area contributed by atoms with Gasteiger partial charge < -0.3 is 15.3 Å². The van der Waals surface area contributed by atoms with Crippen molar-refractivity contribution in [3.8, 4) is 0 Å². The molecule has 1 aliphatic carbocycles. The highest BCUT2D eigenvalue weighted by atomic mass is 16.4. The van der Waals surface area contributed by atoms with Gasteiger partial charge in [-0.25, -0.2) is 4.79 Å². The molecular formula is C16H24N2O2. The van der Waals surface area contributed by atoms with Gasteiger partial charge in [-0.2, -0.15) is 0 Å². The predicted octanol–water partition coefficient (Wildman–Crippen LogP) is 2.35. The molecule has 0 heterocycles. The maximum absolute atomic E-state index is 11.1. The van der Waals surface area contributed by atoms with Gasteiger partial charge in [-0.1, -0.05) is 31.0 Å². The summed E-state index contributed by atoms with van der Waals surface area (Å²) in [7, 11) is 2.18. The number of carboxylic acids is 1. The number of rotatable bonds is 7. The van der Waals surface area contributed by atoms with Gasteiger partial charge >= 0.3 is 5.97 Å². The van der Waals surface area contributed by atoms with Crippen molar-refractivity contribution in [2.75, 3.05) is 20.1 Å². The normalized spacial score (nSPS) is 15.9. The molecule has 1 aliphatic rings. The summed E-state index contributed by atoms with van der Waals surface area (Å²) in [6, 6.07) is 7.92. The second-order valence-corrected chi connectivity index (χ2v) is 5.56. The molecule has 1 aromatic carbocycles. The first-order chi connectivity index (χ1) is 9.68. The summed E-state index contributed by atoms with van der Waals surface area (Å²) in [5, 5.41) is 12.5. The van der Waals surface area contributed by atoms with Crippen molar-refractivity contribution in [2.45, 2.75) is 38.3 Å². The van der Waals surface area contributed by atoms with Crippen LogP contribution in [0, 0.1) is 0 Å². The molecule has 0 atom stereocenters. The lowest BCUT2D eigenvalue weighted by molar-refractivity contribution is 0.0695. The van der Waals surface area contributed by atoms with E-state index in [9.17, 15) is 4.79 Å². The largest absolute Gasteiger partial charge is 0.478 e. The van der Waals surface area contributed by atoms with Crippen molar-refractivity contribution in [3.63, 3.8) is 0 Å². The number of nitrogens with one attached hydrogen (secondary N) is 1. The first kappa shape index (κ1) is 15.0. The van der Waals surface area contributed by atoms with Crippen molar-refractivity contribution in [1.82, 2.24) is 10.2 Å². The van der Waals surface area contributed by atoms with Crippen LogP contribution in [0.1, 0.15) is 41.6 Å². The zero-order valence-electron chi connectivity index (χ0n) is 12.1. The van der Waals surface area contributed by atoms with E-state index in [1.54, 1.807) is 12.1 Å². The van der Waals surface area contributed by atoms with Gasteiger partial charge in [0, 0.05) is 25.7 Å². The Bertz CT molecular complexity index is 442. The van der Waals surface area contributed by atoms with Crippen LogP contribution in [-0.4, -0.2) is 42.2 Å². The third-order valence-corrected chi connectivity index (χ3v) is 4.15. The molecule has 110 valence electrons. The predicted molar refractivity (Wildman–Crippen MR) is 80.0 cm³/mol. The van der Waals surface area contributed by atoms with Crippen LogP contribution in [-0.2, 0) is 6.54 Å². The lowest BCUT2D eigenvalue weighted by Crippen LogP contribution is -2.35. The fourth-order valence-corrected chi connectivity index (χ4v) is 2.89. The number of benzene rings is 1. The molecule has 0 aliphatic heterocycles. The summed E-state index contributed by atoms with van der Waals surface area (Å²) in [6.45, 7) is 2.52. The second-order valence-electron chi connectivity index (χ2n) is 5.56. The third kappa shape index (κ3) is 4.05. The van der Waals surface area contributed by atoms with Crippen LogP contribution in [0.4, 0.5) is 0 Å². The molecule has 0 radical (unpaired) electrons. The molecule has 2 N–H and O–H groups in total. The SMILES string of the molecule is CN(CCNCc1ccccc1C(=O)O)C1CCCC1. The second kappa shape index (κ2) is 7.41. The van der Waals surface area contributed by atoms with E-state index in [0.717, 1.165) is 24.7 Å². The van der Waals surface area contributed by atoms with Crippen LogP contribution in [0.15, 0.2) is 24.3 Å². The van der Waals surface area contributed by atoms with E-state index in [0.29, 0.717) is 12.1 Å². The molecular weight excluding hydrogens is 252 g/mol. The Hall–Kier alpha value is -1.39. The molecule has 0 saturated heterocycles. The Morgan fingerprint density at radius 3 is 2.75 bits per heavy atom. The van der Waals surface area contributed by atoms with Crippen molar-refractivity contribution in [3.05, 3.63) is 35.4 Å². The lowest BCUT2D eigenvalue weighted by Gasteiger charge is -2.24. The Morgan fingerprint density at radius 1 is 1.35 bits per heavy atom. The van der Waals surface area contributed by atoms with Gasteiger partial charge in [-0.15, -0.1) is 0 Å². The molecule has 0 amide bonds. The summed E-state index contributed by atoms with van der Waals surface area (Å²) in [4.78, 5) is 13.5. The summed E-state index contributed by atoms with van der Waals surface area (Å²) in [5.74, 6) is -0.856. The molecule has 20 heavy (non-hydrogen) atoms. The minimum absolute atomic E-state index is 0.393. The number of carbonyl (C=O) groups is 1. The van der Waals surface area contributed by atoms with Crippen molar-refractivity contribution < 1.29 is 9.90 Å². The minimum atomic E-state index is -0.856. The lowest BCUT2D eigenvalue weighted by atomic mass is 10.1. The Balaban J connectivity index is 1.74. The molecule has 4 heteroatoms. The molecule has 1 fully saturated rings. The van der Waals surface area contributed by atoms with Gasteiger partial charge in [0.05, 0.1) is 5.56 Å². The van der Waals surface area contributed by atoms with Crippen LogP contribution < -0.4 is 5.32 Å². The number of hydrogen-bond acceptors (Lipinski definition) is 3. The van der Waals surface area contributed by atoms with E-state index >= 15 is 0 Å². The van der Waals surface area contributed by atoms with Gasteiger partial charge in [0.1, 0.15) is 0 Å². The van der Waals surface area contributed by atoms with Crippen LogP contribution >= 0.6 is 0 Å². The van der Waals surface area contributed by atoms with E-state index < -0.39 is 5.97 Å². The monoisotopic (exact) mass is 276 g/mol. The van der Waals surface area contributed by atoms with E-state index in [1.807, 2.05) is 12.1 Å². The third-order valence-electron chi connectivity index (χ3n) is 4.15. The van der Waals surface area contributed by atoms with Gasteiger partial charge in [0.25, 0.3) is 0 Å². The maximum Gasteiger partial charge on any atom is 0.336 e.